The first-order chi connectivity index (χ1) is 19.9. The Kier molecular flexibility index (Phi) is 12.2. The van der Waals surface area contributed by atoms with Crippen LogP contribution in [0.2, 0.25) is 0 Å². The van der Waals surface area contributed by atoms with Gasteiger partial charge < -0.3 is 29.3 Å². The molecule has 10 heteroatoms. The van der Waals surface area contributed by atoms with Crippen molar-refractivity contribution in [2.45, 2.75) is 96.4 Å². The molecule has 3 aliphatic rings. The van der Waals surface area contributed by atoms with E-state index in [-0.39, 0.29) is 37.0 Å². The van der Waals surface area contributed by atoms with E-state index in [1.165, 1.54) is 14.2 Å². The molecule has 10 atom stereocenters. The molecule has 0 radical (unpaired) electrons. The normalized spacial score (nSPS) is 39.5. The summed E-state index contributed by atoms with van der Waals surface area (Å²) in [7, 11) is 3.00. The number of methoxy groups -OCH3 is 2. The van der Waals surface area contributed by atoms with E-state index in [1.54, 1.807) is 6.92 Å². The van der Waals surface area contributed by atoms with E-state index in [4.69, 9.17) is 14.2 Å². The molecule has 0 bridgehead atoms. The van der Waals surface area contributed by atoms with Crippen LogP contribution < -0.4 is 0 Å². The Morgan fingerprint density at radius 3 is 2.33 bits per heavy atom. The predicted molar refractivity (Wildman–Crippen MR) is 156 cm³/mol. The maximum absolute atomic E-state index is 13.9. The quantitative estimate of drug-likeness (QED) is 0.447. The van der Waals surface area contributed by atoms with Crippen LogP contribution in [0.3, 0.4) is 0 Å². The van der Waals surface area contributed by atoms with Crippen molar-refractivity contribution in [3.63, 3.8) is 0 Å². The monoisotopic (exact) mass is 589 g/mol. The largest absolute Gasteiger partial charge is 0.480 e. The van der Waals surface area contributed by atoms with Crippen LogP contribution in [-0.4, -0.2) is 95.9 Å². The molecule has 0 saturated carbocycles. The highest BCUT2D eigenvalue weighted by Gasteiger charge is 2.51. The molecule has 0 aromatic heterocycles. The minimum Gasteiger partial charge on any atom is -0.480 e. The number of allylic oxidation sites excluding steroid dienone is 5. The van der Waals surface area contributed by atoms with Crippen LogP contribution in [0.1, 0.15) is 59.8 Å². The second-order valence-electron chi connectivity index (χ2n) is 12.1. The minimum atomic E-state index is -1.52. The lowest BCUT2D eigenvalue weighted by Gasteiger charge is -2.45. The second kappa shape index (κ2) is 15.2. The van der Waals surface area contributed by atoms with Gasteiger partial charge in [-0.1, -0.05) is 51.2 Å². The van der Waals surface area contributed by atoms with E-state index >= 15 is 0 Å². The van der Waals surface area contributed by atoms with Gasteiger partial charge in [-0.15, -0.1) is 0 Å². The number of carboxylic acids is 1. The Bertz CT molecular complexity index is 1080. The molecule has 2 fully saturated rings. The highest BCUT2D eigenvalue weighted by Crippen LogP contribution is 2.37. The molecule has 234 valence electrons. The number of piperidine rings is 1. The van der Waals surface area contributed by atoms with Gasteiger partial charge in [0.25, 0.3) is 11.7 Å². The third kappa shape index (κ3) is 7.64. The summed E-state index contributed by atoms with van der Waals surface area (Å²) in [6.07, 6.45) is 6.87. The van der Waals surface area contributed by atoms with Gasteiger partial charge in [0.05, 0.1) is 18.3 Å². The molecule has 2 N–H and O–H groups in total. The van der Waals surface area contributed by atoms with Gasteiger partial charge in [0.2, 0.25) is 0 Å². The van der Waals surface area contributed by atoms with Gasteiger partial charge in [-0.25, -0.2) is 4.79 Å². The van der Waals surface area contributed by atoms with Crippen LogP contribution in [0.25, 0.3) is 0 Å². The standard InChI is InChI=1S/C32H47NO9/c1-18-12-8-7-9-13-19(2)28(40-5)24(29(41-6)25(34)20(3)16-18)23-17-21(4)26(35)30(42-23)27(36)31(37)33-15-11-10-14-22(33)32(38)39/h7-9,12-13,18,20-24,26,28-30,35H,10-11,14-17H2,1-6H3,(H,38,39)/b9-7+,12-8-,19-13+/t18-,20+,21?,22?,23-,24?,26+,28-,29?,30+/m0/s1. The third-order valence-electron chi connectivity index (χ3n) is 8.93. The number of nitrogens with zero attached hydrogens (tertiary/aromatic N) is 1. The number of rotatable bonds is 6. The number of aliphatic hydroxyl groups excluding tert-OH is 1. The molecule has 1 aliphatic carbocycles. The lowest BCUT2D eigenvalue weighted by Crippen LogP contribution is -2.59. The highest BCUT2D eigenvalue weighted by molar-refractivity contribution is 6.38. The maximum atomic E-state index is 13.9. The first-order valence-electron chi connectivity index (χ1n) is 14.9. The van der Waals surface area contributed by atoms with Crippen LogP contribution in [-0.2, 0) is 33.4 Å². The smallest absolute Gasteiger partial charge is 0.326 e. The van der Waals surface area contributed by atoms with Crippen molar-refractivity contribution < 1.29 is 43.6 Å². The Labute approximate surface area is 248 Å². The van der Waals surface area contributed by atoms with Gasteiger partial charge in [-0.3, -0.25) is 14.4 Å². The summed E-state index contributed by atoms with van der Waals surface area (Å²) in [5, 5.41) is 20.7. The van der Waals surface area contributed by atoms with E-state index < -0.39 is 66.1 Å². The number of Topliss-reactive ketones (excluding diaryl/α,β-unsaturated/α-hetero) is 2. The van der Waals surface area contributed by atoms with Crippen molar-refractivity contribution in [1.82, 2.24) is 4.90 Å². The Morgan fingerprint density at radius 1 is 1.00 bits per heavy atom. The molecule has 2 saturated heterocycles. The average Bonchev–Trinajstić information content (AvgIpc) is 2.97. The number of hydrogen-bond acceptors (Lipinski definition) is 8. The van der Waals surface area contributed by atoms with Gasteiger partial charge in [-0.2, -0.15) is 0 Å². The number of carbonyl (C=O) groups is 4. The number of likely N-dealkylation sites (tertiary alicyclic amines) is 1. The van der Waals surface area contributed by atoms with Crippen molar-refractivity contribution in [3.05, 3.63) is 36.0 Å². The number of carbonyl (C=O) groups excluding carboxylic acids is 3. The fourth-order valence-corrected chi connectivity index (χ4v) is 6.60. The predicted octanol–water partition coefficient (Wildman–Crippen LogP) is 3.13. The molecule has 10 nitrogen and oxygen atoms in total. The topological polar surface area (TPSA) is 140 Å². The van der Waals surface area contributed by atoms with Crippen LogP contribution in [0, 0.1) is 23.7 Å². The number of ketones is 2. The zero-order chi connectivity index (χ0) is 31.1. The van der Waals surface area contributed by atoms with E-state index in [0.29, 0.717) is 19.3 Å². The van der Waals surface area contributed by atoms with Crippen molar-refractivity contribution in [3.8, 4) is 0 Å². The van der Waals surface area contributed by atoms with Crippen molar-refractivity contribution in [1.29, 1.82) is 0 Å². The Balaban J connectivity index is 2.01. The van der Waals surface area contributed by atoms with Gasteiger partial charge in [0.1, 0.15) is 12.1 Å². The molecule has 42 heavy (non-hydrogen) atoms. The molecule has 2 heterocycles. The molecule has 2 aliphatic heterocycles. The number of amides is 1. The van der Waals surface area contributed by atoms with Gasteiger partial charge in [0, 0.05) is 32.6 Å². The number of aliphatic carboxylic acids is 1. The average molecular weight is 590 g/mol. The highest BCUT2D eigenvalue weighted by atomic mass is 16.5. The molecular formula is C32H47NO9. The SMILES string of the molecule is COC1C(=O)[C@H](C)C[C@@H](C)\C=C/C=C/C=C(\C)[C@H](OC)C1[C@@H]1CC(C)[C@@H](O)[C@H](C(=O)C(=O)N2CCCCC2C(=O)O)O1. The molecule has 0 aromatic carbocycles. The fourth-order valence-electron chi connectivity index (χ4n) is 6.60. The van der Waals surface area contributed by atoms with Gasteiger partial charge >= 0.3 is 5.97 Å². The molecule has 0 spiro atoms. The molecular weight excluding hydrogens is 542 g/mol. The Hall–Kier alpha value is -2.66. The van der Waals surface area contributed by atoms with Crippen LogP contribution in [0.4, 0.5) is 0 Å². The molecule has 4 unspecified atom stereocenters. The number of carboxylic acid groups (broad SMARTS) is 1. The van der Waals surface area contributed by atoms with E-state index in [9.17, 15) is 29.4 Å². The van der Waals surface area contributed by atoms with Crippen LogP contribution in [0.15, 0.2) is 36.0 Å². The molecule has 1 amide bonds. The summed E-state index contributed by atoms with van der Waals surface area (Å²) >= 11 is 0. The van der Waals surface area contributed by atoms with Crippen LogP contribution >= 0.6 is 0 Å². The van der Waals surface area contributed by atoms with Crippen molar-refractivity contribution >= 4 is 23.4 Å². The second-order valence-corrected chi connectivity index (χ2v) is 12.1. The van der Waals surface area contributed by atoms with Crippen molar-refractivity contribution in [2.75, 3.05) is 20.8 Å². The van der Waals surface area contributed by atoms with Crippen LogP contribution in [0.5, 0.6) is 0 Å². The zero-order valence-corrected chi connectivity index (χ0v) is 25.6. The first-order valence-corrected chi connectivity index (χ1v) is 14.9. The third-order valence-corrected chi connectivity index (χ3v) is 8.93. The lowest BCUT2D eigenvalue weighted by molar-refractivity contribution is -0.195. The summed E-state index contributed by atoms with van der Waals surface area (Å²) in [4.78, 5) is 53.7. The fraction of sp³-hybridized carbons (Fsp3) is 0.688. The minimum absolute atomic E-state index is 0.122. The van der Waals surface area contributed by atoms with E-state index in [1.807, 2.05) is 51.2 Å². The molecule has 0 aromatic rings. The first kappa shape index (κ1) is 33.8. The number of aliphatic hydroxyl groups is 1. The van der Waals surface area contributed by atoms with E-state index in [0.717, 1.165) is 10.5 Å². The Morgan fingerprint density at radius 2 is 1.69 bits per heavy atom. The van der Waals surface area contributed by atoms with Crippen molar-refractivity contribution in [2.24, 2.45) is 23.7 Å². The van der Waals surface area contributed by atoms with E-state index in [2.05, 4.69) is 0 Å². The zero-order valence-electron chi connectivity index (χ0n) is 25.6. The summed E-state index contributed by atoms with van der Waals surface area (Å²) in [6, 6.07) is -1.10. The summed E-state index contributed by atoms with van der Waals surface area (Å²) in [5.74, 6) is -4.64. The van der Waals surface area contributed by atoms with Gasteiger partial charge in [-0.05, 0) is 56.4 Å². The molecule has 3 rings (SSSR count). The lowest BCUT2D eigenvalue weighted by atomic mass is 9.75. The summed E-state index contributed by atoms with van der Waals surface area (Å²) in [5.41, 5.74) is 0.806. The number of hydrogen-bond donors (Lipinski definition) is 2. The maximum Gasteiger partial charge on any atom is 0.326 e. The summed E-state index contributed by atoms with van der Waals surface area (Å²) < 4.78 is 18.1. The number of ether oxygens (including phenoxy) is 3. The van der Waals surface area contributed by atoms with Gasteiger partial charge in [0.15, 0.2) is 11.9 Å². The summed E-state index contributed by atoms with van der Waals surface area (Å²) in [6.45, 7) is 7.70.